The van der Waals surface area contributed by atoms with Gasteiger partial charge in [0.1, 0.15) is 0 Å². The zero-order chi connectivity index (χ0) is 20.2. The van der Waals surface area contributed by atoms with Crippen molar-refractivity contribution in [3.8, 4) is 0 Å². The quantitative estimate of drug-likeness (QED) is 0.239. The van der Waals surface area contributed by atoms with Crippen molar-refractivity contribution in [3.63, 3.8) is 0 Å². The van der Waals surface area contributed by atoms with Gasteiger partial charge in [-0.05, 0) is 56.3 Å². The van der Waals surface area contributed by atoms with Gasteiger partial charge in [-0.2, -0.15) is 13.2 Å². The third-order valence-electron chi connectivity index (χ3n) is 7.33. The highest BCUT2D eigenvalue weighted by Crippen LogP contribution is 2.40. The van der Waals surface area contributed by atoms with Gasteiger partial charge >= 0.3 is 6.18 Å². The van der Waals surface area contributed by atoms with E-state index in [0.29, 0.717) is 18.8 Å². The molecule has 28 heavy (non-hydrogen) atoms. The van der Waals surface area contributed by atoms with Crippen molar-refractivity contribution >= 4 is 0 Å². The summed E-state index contributed by atoms with van der Waals surface area (Å²) < 4.78 is 40.0. The van der Waals surface area contributed by atoms with Crippen LogP contribution >= 0.6 is 0 Å². The Labute approximate surface area is 171 Å². The first-order valence-electron chi connectivity index (χ1n) is 12.2. The van der Waals surface area contributed by atoms with Gasteiger partial charge in [0.15, 0.2) is 0 Å². The van der Waals surface area contributed by atoms with Crippen LogP contribution in [0.25, 0.3) is 0 Å². The summed E-state index contributed by atoms with van der Waals surface area (Å²) in [5.74, 6) is 1.20. The van der Waals surface area contributed by atoms with E-state index in [2.05, 4.69) is 13.0 Å². The Balaban J connectivity index is 1.66. The highest BCUT2D eigenvalue weighted by Gasteiger charge is 2.38. The van der Waals surface area contributed by atoms with Gasteiger partial charge in [-0.25, -0.2) is 0 Å². The Kier molecular flexibility index (Phi) is 11.0. The lowest BCUT2D eigenvalue weighted by Crippen LogP contribution is -2.23. The number of halogens is 3. The molecule has 0 nitrogen and oxygen atoms in total. The molecule has 0 heterocycles. The van der Waals surface area contributed by atoms with Crippen LogP contribution < -0.4 is 0 Å². The molecule has 0 saturated heterocycles. The fourth-order valence-corrected chi connectivity index (χ4v) is 5.44. The second-order valence-electron chi connectivity index (χ2n) is 9.53. The number of alkyl halides is 3. The van der Waals surface area contributed by atoms with Crippen LogP contribution in [0.3, 0.4) is 0 Å². The molecule has 0 aromatic carbocycles. The van der Waals surface area contributed by atoms with Crippen molar-refractivity contribution < 1.29 is 13.2 Å². The Bertz CT molecular complexity index is 412. The summed E-state index contributed by atoms with van der Waals surface area (Å²) >= 11 is 0. The van der Waals surface area contributed by atoms with Crippen molar-refractivity contribution in [2.24, 2.45) is 23.7 Å². The summed E-state index contributed by atoms with van der Waals surface area (Å²) in [4.78, 5) is 0. The van der Waals surface area contributed by atoms with Crippen LogP contribution in [0.2, 0.25) is 0 Å². The SMILES string of the molecule is CCCCCCCCC(CC=C[C@H]1CC[C@H](C2CCCCC2)CC1)C(F)(F)F. The molecule has 0 aromatic rings. The van der Waals surface area contributed by atoms with Gasteiger partial charge in [0.05, 0.1) is 5.92 Å². The molecule has 0 aliphatic heterocycles. The molecule has 0 aromatic heterocycles. The second-order valence-corrected chi connectivity index (χ2v) is 9.53. The molecule has 2 saturated carbocycles. The van der Waals surface area contributed by atoms with Gasteiger partial charge in [0.25, 0.3) is 0 Å². The van der Waals surface area contributed by atoms with Crippen LogP contribution in [-0.2, 0) is 0 Å². The minimum absolute atomic E-state index is 0.182. The highest BCUT2D eigenvalue weighted by atomic mass is 19.4. The first-order chi connectivity index (χ1) is 13.5. The van der Waals surface area contributed by atoms with Crippen LogP contribution in [0.5, 0.6) is 0 Å². The Morgan fingerprint density at radius 1 is 0.786 bits per heavy atom. The lowest BCUT2D eigenvalue weighted by molar-refractivity contribution is -0.175. The van der Waals surface area contributed by atoms with Crippen molar-refractivity contribution in [1.82, 2.24) is 0 Å². The monoisotopic (exact) mass is 400 g/mol. The molecule has 1 unspecified atom stereocenters. The third kappa shape index (κ3) is 8.91. The molecule has 0 bridgehead atoms. The number of hydrogen-bond acceptors (Lipinski definition) is 0. The topological polar surface area (TPSA) is 0 Å². The van der Waals surface area contributed by atoms with Crippen molar-refractivity contribution in [3.05, 3.63) is 12.2 Å². The average Bonchev–Trinajstić information content (AvgIpc) is 2.69. The minimum atomic E-state index is -4.05. The van der Waals surface area contributed by atoms with Gasteiger partial charge in [-0.15, -0.1) is 0 Å². The van der Waals surface area contributed by atoms with Crippen LogP contribution in [0, 0.1) is 23.7 Å². The molecule has 3 heteroatoms. The van der Waals surface area contributed by atoms with Crippen LogP contribution in [-0.4, -0.2) is 6.18 Å². The normalized spacial score (nSPS) is 26.0. The van der Waals surface area contributed by atoms with Gasteiger partial charge in [0.2, 0.25) is 0 Å². The predicted molar refractivity (Wildman–Crippen MR) is 113 cm³/mol. The zero-order valence-electron chi connectivity index (χ0n) is 18.1. The van der Waals surface area contributed by atoms with Crippen LogP contribution in [0.15, 0.2) is 12.2 Å². The van der Waals surface area contributed by atoms with E-state index in [0.717, 1.165) is 31.1 Å². The first kappa shape index (κ1) is 23.8. The first-order valence-corrected chi connectivity index (χ1v) is 12.2. The molecular weight excluding hydrogens is 357 g/mol. The van der Waals surface area contributed by atoms with E-state index in [4.69, 9.17) is 0 Å². The molecule has 2 aliphatic rings. The van der Waals surface area contributed by atoms with Crippen molar-refractivity contribution in [2.45, 2.75) is 122 Å². The maximum absolute atomic E-state index is 13.3. The number of hydrogen-bond donors (Lipinski definition) is 0. The summed E-state index contributed by atoms with van der Waals surface area (Å²) in [5.41, 5.74) is 0. The van der Waals surface area contributed by atoms with E-state index in [1.165, 1.54) is 70.6 Å². The third-order valence-corrected chi connectivity index (χ3v) is 7.33. The Hall–Kier alpha value is -0.470. The Morgan fingerprint density at radius 3 is 2.04 bits per heavy atom. The standard InChI is InChI=1S/C25H43F3/c1-2-3-4-5-6-10-15-24(25(26,27)28)16-11-12-21-17-19-23(20-18-21)22-13-8-7-9-14-22/h11-12,21-24H,2-10,13-20H2,1H3/t21-,23-,24?. The van der Waals surface area contributed by atoms with Gasteiger partial charge < -0.3 is 0 Å². The summed E-state index contributed by atoms with van der Waals surface area (Å²) in [6, 6.07) is 0. The summed E-state index contributed by atoms with van der Waals surface area (Å²) in [6.45, 7) is 2.16. The van der Waals surface area contributed by atoms with E-state index < -0.39 is 12.1 Å². The zero-order valence-corrected chi connectivity index (χ0v) is 18.1. The van der Waals surface area contributed by atoms with Crippen LogP contribution in [0.4, 0.5) is 13.2 Å². The molecule has 2 fully saturated rings. The minimum Gasteiger partial charge on any atom is -0.171 e. The summed E-state index contributed by atoms with van der Waals surface area (Å²) in [6.07, 6.45) is 18.7. The van der Waals surface area contributed by atoms with E-state index in [-0.39, 0.29) is 6.42 Å². The summed E-state index contributed by atoms with van der Waals surface area (Å²) in [7, 11) is 0. The molecule has 2 rings (SSSR count). The molecule has 0 N–H and O–H groups in total. The fraction of sp³-hybridized carbons (Fsp3) is 0.920. The maximum Gasteiger partial charge on any atom is 0.392 e. The van der Waals surface area contributed by atoms with E-state index in [9.17, 15) is 13.2 Å². The molecule has 0 radical (unpaired) electrons. The molecule has 0 amide bonds. The number of unbranched alkanes of at least 4 members (excludes halogenated alkanes) is 5. The lowest BCUT2D eigenvalue weighted by atomic mass is 9.71. The lowest BCUT2D eigenvalue weighted by Gasteiger charge is -2.35. The van der Waals surface area contributed by atoms with Gasteiger partial charge in [0, 0.05) is 0 Å². The second kappa shape index (κ2) is 13.0. The average molecular weight is 401 g/mol. The van der Waals surface area contributed by atoms with Crippen LogP contribution in [0.1, 0.15) is 116 Å². The number of rotatable bonds is 11. The van der Waals surface area contributed by atoms with E-state index >= 15 is 0 Å². The fourth-order valence-electron chi connectivity index (χ4n) is 5.44. The van der Waals surface area contributed by atoms with E-state index in [1.54, 1.807) is 0 Å². The van der Waals surface area contributed by atoms with Gasteiger partial charge in [-0.1, -0.05) is 89.7 Å². The Morgan fingerprint density at radius 2 is 1.39 bits per heavy atom. The molecular formula is C25H43F3. The smallest absolute Gasteiger partial charge is 0.171 e. The van der Waals surface area contributed by atoms with Gasteiger partial charge in [-0.3, -0.25) is 0 Å². The molecule has 164 valence electrons. The maximum atomic E-state index is 13.3. The highest BCUT2D eigenvalue weighted by molar-refractivity contribution is 4.94. The largest absolute Gasteiger partial charge is 0.392 e. The predicted octanol–water partition coefficient (Wildman–Crippen LogP) is 9.25. The van der Waals surface area contributed by atoms with Crippen molar-refractivity contribution in [2.75, 3.05) is 0 Å². The number of allylic oxidation sites excluding steroid dienone is 2. The molecule has 0 spiro atoms. The van der Waals surface area contributed by atoms with E-state index in [1.807, 2.05) is 6.08 Å². The molecule has 2 aliphatic carbocycles. The van der Waals surface area contributed by atoms with Crippen molar-refractivity contribution in [1.29, 1.82) is 0 Å². The molecule has 1 atom stereocenters. The summed E-state index contributed by atoms with van der Waals surface area (Å²) in [5, 5.41) is 0.